The summed E-state index contributed by atoms with van der Waals surface area (Å²) in [6, 6.07) is 9.56. The topological polar surface area (TPSA) is 32.8 Å². The summed E-state index contributed by atoms with van der Waals surface area (Å²) in [5.41, 5.74) is 0. The molecule has 4 nitrogen and oxygen atoms in total. The van der Waals surface area contributed by atoms with Crippen molar-refractivity contribution < 1.29 is 8.83 Å². The maximum atomic E-state index is 5.74. The molecule has 0 spiro atoms. The van der Waals surface area contributed by atoms with E-state index < -0.39 is 0 Å². The average Bonchev–Trinajstić information content (AvgIpc) is 3.20. The Labute approximate surface area is 125 Å². The summed E-state index contributed by atoms with van der Waals surface area (Å²) in [4.78, 5) is 5.17. The van der Waals surface area contributed by atoms with Crippen LogP contribution in [-0.4, -0.2) is 35.0 Å². The Morgan fingerprint density at radius 1 is 1.00 bits per heavy atom. The molecule has 0 saturated carbocycles. The van der Waals surface area contributed by atoms with Gasteiger partial charge in [-0.2, -0.15) is 0 Å². The van der Waals surface area contributed by atoms with Crippen molar-refractivity contribution in [3.8, 4) is 0 Å². The van der Waals surface area contributed by atoms with Gasteiger partial charge in [0.15, 0.2) is 0 Å². The Balaban J connectivity index is 1.41. The van der Waals surface area contributed by atoms with Gasteiger partial charge in [0.05, 0.1) is 19.4 Å². The highest BCUT2D eigenvalue weighted by atomic mass is 16.3. The summed E-state index contributed by atoms with van der Waals surface area (Å²) in [5.74, 6) is 3.18. The van der Waals surface area contributed by atoms with Gasteiger partial charge in [0.25, 0.3) is 0 Å². The molecule has 21 heavy (non-hydrogen) atoms. The molecule has 4 heterocycles. The number of rotatable bonds is 4. The zero-order valence-electron chi connectivity index (χ0n) is 12.5. The Kier molecular flexibility index (Phi) is 3.36. The molecule has 112 valence electrons. The minimum atomic E-state index is 0.672. The molecule has 4 rings (SSSR count). The highest BCUT2D eigenvalue weighted by Crippen LogP contribution is 2.33. The normalized spacial score (nSPS) is 26.5. The zero-order chi connectivity index (χ0) is 14.2. The summed E-state index contributed by atoms with van der Waals surface area (Å²) >= 11 is 0. The molecular formula is C17H22N2O2. The lowest BCUT2D eigenvalue weighted by molar-refractivity contribution is 0.195. The Hall–Kier alpha value is -1.52. The van der Waals surface area contributed by atoms with Crippen LogP contribution in [0.5, 0.6) is 0 Å². The van der Waals surface area contributed by atoms with Gasteiger partial charge in [-0.1, -0.05) is 0 Å². The van der Waals surface area contributed by atoms with E-state index >= 15 is 0 Å². The molecule has 2 fully saturated rings. The van der Waals surface area contributed by atoms with Crippen molar-refractivity contribution >= 4 is 0 Å². The Morgan fingerprint density at radius 3 is 2.29 bits per heavy atom. The predicted molar refractivity (Wildman–Crippen MR) is 79.8 cm³/mol. The van der Waals surface area contributed by atoms with Crippen molar-refractivity contribution in [1.29, 1.82) is 0 Å². The SMILES string of the molecule is Cc1ccc(CN2CC[C@@H]3[C@@H]2CCN3Cc2ccco2)o1. The molecule has 2 aliphatic heterocycles. The van der Waals surface area contributed by atoms with E-state index in [4.69, 9.17) is 8.83 Å². The van der Waals surface area contributed by atoms with Crippen LogP contribution >= 0.6 is 0 Å². The van der Waals surface area contributed by atoms with Crippen molar-refractivity contribution in [2.45, 2.75) is 44.9 Å². The van der Waals surface area contributed by atoms with E-state index in [-0.39, 0.29) is 0 Å². The molecule has 2 aromatic rings. The van der Waals surface area contributed by atoms with Gasteiger partial charge in [0, 0.05) is 25.2 Å². The first-order chi connectivity index (χ1) is 10.3. The fourth-order valence-electron chi connectivity index (χ4n) is 3.93. The maximum Gasteiger partial charge on any atom is 0.118 e. The van der Waals surface area contributed by atoms with Crippen LogP contribution in [0.4, 0.5) is 0 Å². The number of hydrogen-bond acceptors (Lipinski definition) is 4. The molecule has 2 saturated heterocycles. The first-order valence-corrected chi connectivity index (χ1v) is 7.85. The second-order valence-corrected chi connectivity index (χ2v) is 6.24. The average molecular weight is 286 g/mol. The van der Waals surface area contributed by atoms with E-state index in [2.05, 4.69) is 28.0 Å². The quantitative estimate of drug-likeness (QED) is 0.865. The number of likely N-dealkylation sites (tertiary alicyclic amines) is 2. The van der Waals surface area contributed by atoms with E-state index in [1.165, 1.54) is 25.9 Å². The third kappa shape index (κ3) is 2.54. The van der Waals surface area contributed by atoms with E-state index in [9.17, 15) is 0 Å². The van der Waals surface area contributed by atoms with Crippen molar-refractivity contribution in [2.24, 2.45) is 0 Å². The fourth-order valence-corrected chi connectivity index (χ4v) is 3.93. The largest absolute Gasteiger partial charge is 0.468 e. The molecule has 0 aromatic carbocycles. The van der Waals surface area contributed by atoms with E-state index in [0.29, 0.717) is 12.1 Å². The molecule has 2 aromatic heterocycles. The first kappa shape index (κ1) is 13.2. The van der Waals surface area contributed by atoms with Gasteiger partial charge in [0.1, 0.15) is 17.3 Å². The Morgan fingerprint density at radius 2 is 1.71 bits per heavy atom. The van der Waals surface area contributed by atoms with Crippen LogP contribution in [-0.2, 0) is 13.1 Å². The first-order valence-electron chi connectivity index (χ1n) is 7.85. The molecule has 4 heteroatoms. The smallest absolute Gasteiger partial charge is 0.118 e. The van der Waals surface area contributed by atoms with Gasteiger partial charge in [0.2, 0.25) is 0 Å². The fraction of sp³-hybridized carbons (Fsp3) is 0.529. The van der Waals surface area contributed by atoms with Gasteiger partial charge >= 0.3 is 0 Å². The van der Waals surface area contributed by atoms with Crippen LogP contribution < -0.4 is 0 Å². The minimum Gasteiger partial charge on any atom is -0.468 e. The molecule has 0 radical (unpaired) electrons. The summed E-state index contributed by atoms with van der Waals surface area (Å²) in [6.07, 6.45) is 4.28. The lowest BCUT2D eigenvalue weighted by Gasteiger charge is -2.24. The van der Waals surface area contributed by atoms with Crippen molar-refractivity contribution in [1.82, 2.24) is 9.80 Å². The Bertz CT molecular complexity index is 590. The van der Waals surface area contributed by atoms with Crippen LogP contribution in [0.2, 0.25) is 0 Å². The number of aryl methyl sites for hydroxylation is 1. The molecule has 0 aliphatic carbocycles. The summed E-state index contributed by atoms with van der Waals surface area (Å²) in [5, 5.41) is 0. The zero-order valence-corrected chi connectivity index (χ0v) is 12.5. The van der Waals surface area contributed by atoms with Crippen LogP contribution in [0.3, 0.4) is 0 Å². The molecule has 2 atom stereocenters. The molecular weight excluding hydrogens is 264 g/mol. The number of furan rings is 2. The second kappa shape index (κ2) is 5.35. The number of hydrogen-bond donors (Lipinski definition) is 0. The molecule has 0 amide bonds. The molecule has 0 bridgehead atoms. The van der Waals surface area contributed by atoms with Gasteiger partial charge < -0.3 is 8.83 Å². The van der Waals surface area contributed by atoms with Gasteiger partial charge in [-0.3, -0.25) is 9.80 Å². The van der Waals surface area contributed by atoms with Crippen molar-refractivity contribution in [3.63, 3.8) is 0 Å². The van der Waals surface area contributed by atoms with Crippen LogP contribution in [0, 0.1) is 6.92 Å². The third-order valence-electron chi connectivity index (χ3n) is 4.90. The van der Waals surface area contributed by atoms with Crippen molar-refractivity contribution in [2.75, 3.05) is 13.1 Å². The van der Waals surface area contributed by atoms with Crippen molar-refractivity contribution in [3.05, 3.63) is 47.8 Å². The lowest BCUT2D eigenvalue weighted by atomic mass is 10.1. The monoisotopic (exact) mass is 286 g/mol. The van der Waals surface area contributed by atoms with Gasteiger partial charge in [-0.15, -0.1) is 0 Å². The lowest BCUT2D eigenvalue weighted by Crippen LogP contribution is -2.35. The number of nitrogens with zero attached hydrogens (tertiary/aromatic N) is 2. The van der Waals surface area contributed by atoms with E-state index in [1.807, 2.05) is 13.0 Å². The van der Waals surface area contributed by atoms with Crippen LogP contribution in [0.1, 0.15) is 30.1 Å². The number of fused-ring (bicyclic) bond motifs is 1. The third-order valence-corrected chi connectivity index (χ3v) is 4.90. The van der Waals surface area contributed by atoms with Gasteiger partial charge in [-0.05, 0) is 44.0 Å². The summed E-state index contributed by atoms with van der Waals surface area (Å²) < 4.78 is 11.2. The molecule has 0 unspecified atom stereocenters. The standard InChI is InChI=1S/C17H22N2O2/c1-13-4-5-15(21-13)12-19-9-7-16-17(19)6-8-18(16)11-14-3-2-10-20-14/h2-5,10,16-17H,6-9,11-12H2,1H3/t16-,17+/m1/s1. The van der Waals surface area contributed by atoms with E-state index in [1.54, 1.807) is 6.26 Å². The molecule has 0 N–H and O–H groups in total. The molecule has 2 aliphatic rings. The second-order valence-electron chi connectivity index (χ2n) is 6.24. The summed E-state index contributed by atoms with van der Waals surface area (Å²) in [6.45, 7) is 6.25. The van der Waals surface area contributed by atoms with E-state index in [0.717, 1.165) is 30.4 Å². The van der Waals surface area contributed by atoms with Gasteiger partial charge in [-0.25, -0.2) is 0 Å². The minimum absolute atomic E-state index is 0.672. The van der Waals surface area contributed by atoms with Crippen LogP contribution in [0.15, 0.2) is 39.4 Å². The highest BCUT2D eigenvalue weighted by Gasteiger charge is 2.42. The maximum absolute atomic E-state index is 5.74. The summed E-state index contributed by atoms with van der Waals surface area (Å²) in [7, 11) is 0. The highest BCUT2D eigenvalue weighted by molar-refractivity contribution is 5.08. The van der Waals surface area contributed by atoms with Crippen LogP contribution in [0.25, 0.3) is 0 Å². The predicted octanol–water partition coefficient (Wildman–Crippen LogP) is 3.03.